The van der Waals surface area contributed by atoms with Gasteiger partial charge in [0.25, 0.3) is 5.91 Å². The molecule has 0 spiro atoms. The van der Waals surface area contributed by atoms with E-state index >= 15 is 0 Å². The number of hydrogen-bond acceptors (Lipinski definition) is 8. The lowest BCUT2D eigenvalue weighted by Gasteiger charge is -2.12. The number of nitrogens with one attached hydrogen (secondary N) is 1. The van der Waals surface area contributed by atoms with Crippen LogP contribution in [0.15, 0.2) is 63.6 Å². The topological polar surface area (TPSA) is 98.6 Å². The number of carbonyl (C=O) groups is 2. The second-order valence-corrected chi connectivity index (χ2v) is 7.69. The number of aryl methyl sites for hydroxylation is 1. The molecule has 166 valence electrons. The number of amides is 1. The summed E-state index contributed by atoms with van der Waals surface area (Å²) in [6.07, 6.45) is 2.64. The number of methoxy groups -OCH3 is 1. The maximum atomic E-state index is 11.8. The molecule has 0 bridgehead atoms. The Morgan fingerprint density at radius 1 is 1.16 bits per heavy atom. The number of carbonyl (C=O) groups excluding carboxylic acids is 2. The van der Waals surface area contributed by atoms with E-state index < -0.39 is 11.9 Å². The van der Waals surface area contributed by atoms with Gasteiger partial charge < -0.3 is 14.2 Å². The quantitative estimate of drug-likeness (QED) is 0.284. The summed E-state index contributed by atoms with van der Waals surface area (Å²) in [6, 6.07) is 13.6. The highest BCUT2D eigenvalue weighted by atomic mass is 32.2. The molecule has 1 heterocycles. The van der Waals surface area contributed by atoms with Gasteiger partial charge in [0.05, 0.1) is 24.8 Å². The van der Waals surface area contributed by atoms with Gasteiger partial charge in [0.1, 0.15) is 6.61 Å². The van der Waals surface area contributed by atoms with E-state index in [2.05, 4.69) is 26.3 Å². The summed E-state index contributed by atoms with van der Waals surface area (Å²) in [7, 11) is 1.24. The summed E-state index contributed by atoms with van der Waals surface area (Å²) in [5.74, 6) is 0.195. The second-order valence-electron chi connectivity index (χ2n) is 6.65. The summed E-state index contributed by atoms with van der Waals surface area (Å²) in [4.78, 5) is 23.3. The zero-order valence-corrected chi connectivity index (χ0v) is 18.8. The summed E-state index contributed by atoms with van der Waals surface area (Å²) < 4.78 is 16.2. The van der Waals surface area contributed by atoms with Crippen LogP contribution in [0.3, 0.4) is 0 Å². The SMILES string of the molecule is CCOc1cc(C=N/N=C2/NC(=O)/C(=C\C(=O)OC)S2)ccc1OCc1cccc(C)c1. The zero-order valence-electron chi connectivity index (χ0n) is 18.0. The molecule has 0 aliphatic carbocycles. The van der Waals surface area contributed by atoms with Gasteiger partial charge in [-0.3, -0.25) is 10.1 Å². The van der Waals surface area contributed by atoms with E-state index in [1.165, 1.54) is 18.9 Å². The normalized spacial score (nSPS) is 15.9. The Bertz CT molecular complexity index is 1090. The van der Waals surface area contributed by atoms with Crippen LogP contribution in [0.5, 0.6) is 11.5 Å². The fourth-order valence-electron chi connectivity index (χ4n) is 2.74. The first-order chi connectivity index (χ1) is 15.5. The van der Waals surface area contributed by atoms with Crippen LogP contribution < -0.4 is 14.8 Å². The van der Waals surface area contributed by atoms with E-state index in [1.54, 1.807) is 0 Å². The van der Waals surface area contributed by atoms with E-state index in [4.69, 9.17) is 9.47 Å². The van der Waals surface area contributed by atoms with Crippen molar-refractivity contribution in [3.05, 3.63) is 70.1 Å². The number of benzene rings is 2. The first-order valence-electron chi connectivity index (χ1n) is 9.83. The van der Waals surface area contributed by atoms with Gasteiger partial charge in [0.2, 0.25) is 0 Å². The molecule has 0 radical (unpaired) electrons. The largest absolute Gasteiger partial charge is 0.490 e. The minimum absolute atomic E-state index is 0.194. The predicted molar refractivity (Wildman–Crippen MR) is 124 cm³/mol. The summed E-state index contributed by atoms with van der Waals surface area (Å²) in [6.45, 7) is 4.86. The molecular weight excluding hydrogens is 430 g/mol. The molecule has 0 atom stereocenters. The Morgan fingerprint density at radius 3 is 2.75 bits per heavy atom. The molecule has 1 saturated heterocycles. The molecular formula is C23H23N3O5S. The average Bonchev–Trinajstić information content (AvgIpc) is 3.12. The van der Waals surface area contributed by atoms with Crippen molar-refractivity contribution in [1.29, 1.82) is 0 Å². The molecule has 9 heteroatoms. The highest BCUT2D eigenvalue weighted by molar-refractivity contribution is 8.18. The third kappa shape index (κ3) is 6.45. The fourth-order valence-corrected chi connectivity index (χ4v) is 3.48. The van der Waals surface area contributed by atoms with Crippen molar-refractivity contribution in [3.63, 3.8) is 0 Å². The predicted octanol–water partition coefficient (Wildman–Crippen LogP) is 3.58. The molecule has 8 nitrogen and oxygen atoms in total. The first kappa shape index (κ1) is 23.1. The van der Waals surface area contributed by atoms with Crippen molar-refractivity contribution < 1.29 is 23.8 Å². The van der Waals surface area contributed by atoms with E-state index in [0.29, 0.717) is 24.7 Å². The smallest absolute Gasteiger partial charge is 0.331 e. The van der Waals surface area contributed by atoms with Crippen molar-refractivity contribution >= 4 is 35.0 Å². The number of hydrogen-bond donors (Lipinski definition) is 1. The second kappa shape index (κ2) is 11.1. The van der Waals surface area contributed by atoms with Crippen molar-refractivity contribution in [2.24, 2.45) is 10.2 Å². The number of nitrogens with zero attached hydrogens (tertiary/aromatic N) is 2. The van der Waals surface area contributed by atoms with Crippen LogP contribution in [0.4, 0.5) is 0 Å². The van der Waals surface area contributed by atoms with Gasteiger partial charge in [0, 0.05) is 6.08 Å². The molecule has 1 aliphatic rings. The summed E-state index contributed by atoms with van der Waals surface area (Å²) >= 11 is 1.01. The Kier molecular flexibility index (Phi) is 8.04. The van der Waals surface area contributed by atoms with Gasteiger partial charge in [-0.15, -0.1) is 5.10 Å². The molecule has 1 fully saturated rings. The monoisotopic (exact) mass is 453 g/mol. The molecule has 0 saturated carbocycles. The lowest BCUT2D eigenvalue weighted by molar-refractivity contribution is -0.135. The van der Waals surface area contributed by atoms with Crippen LogP contribution in [-0.2, 0) is 20.9 Å². The van der Waals surface area contributed by atoms with Crippen LogP contribution in [0.2, 0.25) is 0 Å². The minimum Gasteiger partial charge on any atom is -0.490 e. The first-order valence-corrected chi connectivity index (χ1v) is 10.6. The lowest BCUT2D eigenvalue weighted by Crippen LogP contribution is -2.19. The zero-order chi connectivity index (χ0) is 22.9. The van der Waals surface area contributed by atoms with E-state index in [1.807, 2.05) is 50.2 Å². The van der Waals surface area contributed by atoms with Gasteiger partial charge in [-0.1, -0.05) is 29.8 Å². The van der Waals surface area contributed by atoms with Crippen molar-refractivity contribution in [3.8, 4) is 11.5 Å². The molecule has 0 unspecified atom stereocenters. The Hall–Kier alpha value is -3.59. The van der Waals surface area contributed by atoms with Crippen LogP contribution in [0.1, 0.15) is 23.6 Å². The minimum atomic E-state index is -0.611. The van der Waals surface area contributed by atoms with E-state index in [0.717, 1.165) is 29.0 Å². The molecule has 1 amide bonds. The highest BCUT2D eigenvalue weighted by Crippen LogP contribution is 2.29. The lowest BCUT2D eigenvalue weighted by atomic mass is 10.1. The number of thioether (sulfide) groups is 1. The third-order valence-corrected chi connectivity index (χ3v) is 5.10. The van der Waals surface area contributed by atoms with E-state index in [-0.39, 0.29) is 10.1 Å². The number of ether oxygens (including phenoxy) is 3. The fraction of sp³-hybridized carbons (Fsp3) is 0.217. The van der Waals surface area contributed by atoms with Crippen molar-refractivity contribution in [2.75, 3.05) is 13.7 Å². The Balaban J connectivity index is 1.68. The van der Waals surface area contributed by atoms with Gasteiger partial charge in [-0.25, -0.2) is 4.79 Å². The molecule has 3 rings (SSSR count). The standard InChI is InChI=1S/C23H23N3O5S/c1-4-30-19-11-16(8-9-18(19)31-14-17-7-5-6-15(2)10-17)13-24-26-23-25-22(28)20(32-23)12-21(27)29-3/h5-13H,4,14H2,1-3H3,(H,25,26,28)/b20-12+,24-13?. The molecule has 1 N–H and O–H groups in total. The highest BCUT2D eigenvalue weighted by Gasteiger charge is 2.25. The van der Waals surface area contributed by atoms with Gasteiger partial charge in [-0.05, 0) is 54.9 Å². The number of esters is 1. The van der Waals surface area contributed by atoms with Crippen LogP contribution in [-0.4, -0.2) is 37.0 Å². The third-order valence-electron chi connectivity index (χ3n) is 4.20. The van der Waals surface area contributed by atoms with Crippen LogP contribution >= 0.6 is 11.8 Å². The molecule has 1 aliphatic heterocycles. The van der Waals surface area contributed by atoms with Crippen LogP contribution in [0, 0.1) is 6.92 Å². The summed E-state index contributed by atoms with van der Waals surface area (Å²) in [5, 5.41) is 10.8. The molecule has 0 aromatic heterocycles. The average molecular weight is 454 g/mol. The maximum Gasteiger partial charge on any atom is 0.331 e. The Morgan fingerprint density at radius 2 is 2.00 bits per heavy atom. The van der Waals surface area contributed by atoms with Gasteiger partial charge >= 0.3 is 5.97 Å². The van der Waals surface area contributed by atoms with Gasteiger partial charge in [-0.2, -0.15) is 5.10 Å². The van der Waals surface area contributed by atoms with Crippen molar-refractivity contribution in [2.45, 2.75) is 20.5 Å². The van der Waals surface area contributed by atoms with Crippen LogP contribution in [0.25, 0.3) is 0 Å². The maximum absolute atomic E-state index is 11.8. The molecule has 2 aromatic rings. The Labute approximate surface area is 190 Å². The van der Waals surface area contributed by atoms with E-state index in [9.17, 15) is 9.59 Å². The van der Waals surface area contributed by atoms with Crippen molar-refractivity contribution in [1.82, 2.24) is 5.32 Å². The number of rotatable bonds is 8. The summed E-state index contributed by atoms with van der Waals surface area (Å²) in [5.41, 5.74) is 3.00. The van der Waals surface area contributed by atoms with Gasteiger partial charge in [0.15, 0.2) is 16.7 Å². The molecule has 32 heavy (non-hydrogen) atoms. The molecule has 2 aromatic carbocycles. The number of amidine groups is 1.